The van der Waals surface area contributed by atoms with Crippen LogP contribution < -0.4 is 5.32 Å². The first-order chi connectivity index (χ1) is 9.51. The summed E-state index contributed by atoms with van der Waals surface area (Å²) >= 11 is 1.76. The van der Waals surface area contributed by atoms with E-state index in [1.165, 1.54) is 18.2 Å². The molecule has 0 fully saturated rings. The fraction of sp³-hybridized carbons (Fsp3) is 0.500. The van der Waals surface area contributed by atoms with E-state index in [9.17, 15) is 10.1 Å². The zero-order valence-electron chi connectivity index (χ0n) is 12.0. The van der Waals surface area contributed by atoms with E-state index in [2.05, 4.69) is 25.4 Å². The minimum absolute atomic E-state index is 0.00575. The Morgan fingerprint density at radius 2 is 2.10 bits per heavy atom. The van der Waals surface area contributed by atoms with Crippen LogP contribution >= 0.6 is 11.8 Å². The topological polar surface area (TPSA) is 79.0 Å². The Hall–Kier alpha value is -1.74. The molecule has 0 saturated heterocycles. The van der Waals surface area contributed by atoms with E-state index in [-0.39, 0.29) is 10.4 Å². The maximum absolute atomic E-state index is 11.0. The van der Waals surface area contributed by atoms with E-state index >= 15 is 0 Å². The zero-order chi connectivity index (χ0) is 15.2. The molecule has 0 atom stereocenters. The van der Waals surface area contributed by atoms with Gasteiger partial charge in [-0.15, -0.1) is 0 Å². The lowest BCUT2D eigenvalue weighted by molar-refractivity contribution is -0.384. The maximum Gasteiger partial charge on any atom is 0.292 e. The van der Waals surface area contributed by atoms with E-state index in [4.69, 9.17) is 5.26 Å². The number of hydrogen-bond donors (Lipinski definition) is 1. The molecule has 5 nitrogen and oxygen atoms in total. The van der Waals surface area contributed by atoms with Gasteiger partial charge in [-0.1, -0.05) is 13.8 Å². The first kappa shape index (κ1) is 16.3. The van der Waals surface area contributed by atoms with Crippen molar-refractivity contribution in [3.05, 3.63) is 33.9 Å². The number of nitriles is 1. The molecule has 0 amide bonds. The lowest BCUT2D eigenvalue weighted by Crippen LogP contribution is -2.32. The Balaban J connectivity index is 3.01. The van der Waals surface area contributed by atoms with E-state index in [1.807, 2.05) is 6.07 Å². The van der Waals surface area contributed by atoms with Crippen LogP contribution in [-0.2, 0) is 0 Å². The molecule has 0 aliphatic heterocycles. The molecule has 0 aromatic heterocycles. The molecule has 20 heavy (non-hydrogen) atoms. The molecule has 0 aliphatic carbocycles. The summed E-state index contributed by atoms with van der Waals surface area (Å²) in [5.74, 6) is 0. The molecule has 0 bridgehead atoms. The van der Waals surface area contributed by atoms with Gasteiger partial charge in [0.05, 0.1) is 16.6 Å². The Kier molecular flexibility index (Phi) is 5.83. The average Bonchev–Trinajstić information content (AvgIpc) is 2.48. The number of rotatable bonds is 7. The molecule has 6 heteroatoms. The van der Waals surface area contributed by atoms with Gasteiger partial charge in [-0.05, 0) is 31.2 Å². The van der Waals surface area contributed by atoms with Crippen LogP contribution in [0.25, 0.3) is 0 Å². The molecule has 1 rings (SSSR count). The van der Waals surface area contributed by atoms with Crippen molar-refractivity contribution in [1.29, 1.82) is 5.26 Å². The van der Waals surface area contributed by atoms with Gasteiger partial charge in [-0.25, -0.2) is 0 Å². The van der Waals surface area contributed by atoms with Crippen molar-refractivity contribution in [2.45, 2.75) is 31.4 Å². The van der Waals surface area contributed by atoms with Gasteiger partial charge < -0.3 is 5.32 Å². The summed E-state index contributed by atoms with van der Waals surface area (Å²) in [5.41, 5.74) is 0.835. The summed E-state index contributed by atoms with van der Waals surface area (Å²) in [6, 6.07) is 6.38. The van der Waals surface area contributed by atoms with Crippen molar-refractivity contribution >= 4 is 23.1 Å². The zero-order valence-corrected chi connectivity index (χ0v) is 12.8. The molecule has 0 heterocycles. The molecule has 0 unspecified atom stereocenters. The second-order valence-electron chi connectivity index (χ2n) is 4.55. The van der Waals surface area contributed by atoms with Gasteiger partial charge in [-0.2, -0.15) is 17.0 Å². The Bertz CT molecular complexity index is 513. The number of benzene rings is 1. The molecule has 0 radical (unpaired) electrons. The fourth-order valence-corrected chi connectivity index (χ4v) is 2.82. The van der Waals surface area contributed by atoms with Crippen molar-refractivity contribution < 1.29 is 4.92 Å². The van der Waals surface area contributed by atoms with Gasteiger partial charge in [0.25, 0.3) is 5.69 Å². The van der Waals surface area contributed by atoms with E-state index in [1.54, 1.807) is 11.8 Å². The number of nitrogens with zero attached hydrogens (tertiary/aromatic N) is 2. The Morgan fingerprint density at radius 3 is 2.55 bits per heavy atom. The summed E-state index contributed by atoms with van der Waals surface area (Å²) in [6.07, 6.45) is 4.00. The number of nitro benzene ring substituents is 1. The highest BCUT2D eigenvalue weighted by Gasteiger charge is 2.26. The molecule has 1 aromatic rings. The monoisotopic (exact) mass is 293 g/mol. The van der Waals surface area contributed by atoms with Crippen molar-refractivity contribution in [2.24, 2.45) is 0 Å². The molecular formula is C14H19N3O2S. The van der Waals surface area contributed by atoms with Crippen LogP contribution in [0.1, 0.15) is 32.3 Å². The minimum atomic E-state index is -0.428. The third-order valence-corrected chi connectivity index (χ3v) is 5.23. The van der Waals surface area contributed by atoms with Gasteiger partial charge in [0.1, 0.15) is 5.69 Å². The van der Waals surface area contributed by atoms with Crippen molar-refractivity contribution in [2.75, 3.05) is 18.1 Å². The quantitative estimate of drug-likeness (QED) is 0.611. The summed E-state index contributed by atoms with van der Waals surface area (Å²) in [5, 5.41) is 23.1. The second-order valence-corrected chi connectivity index (χ2v) is 5.82. The standard InChI is InChI=1S/C14H19N3O2S/c1-4-14(5-2,20-3)10-16-12-8-11(9-15)6-7-13(12)17(18)19/h6-8,16H,4-5,10H2,1-3H3. The Morgan fingerprint density at radius 1 is 1.45 bits per heavy atom. The second kappa shape index (κ2) is 7.15. The average molecular weight is 293 g/mol. The van der Waals surface area contributed by atoms with Gasteiger partial charge >= 0.3 is 0 Å². The van der Waals surface area contributed by atoms with Gasteiger partial charge in [0.2, 0.25) is 0 Å². The molecule has 0 aliphatic rings. The van der Waals surface area contributed by atoms with Gasteiger partial charge in [-0.3, -0.25) is 10.1 Å². The number of anilines is 1. The van der Waals surface area contributed by atoms with E-state index < -0.39 is 4.92 Å². The van der Waals surface area contributed by atoms with Crippen LogP contribution in [0.15, 0.2) is 18.2 Å². The summed E-state index contributed by atoms with van der Waals surface area (Å²) in [6.45, 7) is 4.86. The third-order valence-electron chi connectivity index (χ3n) is 3.65. The number of hydrogen-bond acceptors (Lipinski definition) is 5. The van der Waals surface area contributed by atoms with E-state index in [0.717, 1.165) is 12.8 Å². The number of nitro groups is 1. The smallest absolute Gasteiger partial charge is 0.292 e. The molecular weight excluding hydrogens is 274 g/mol. The van der Waals surface area contributed by atoms with Crippen LogP contribution in [0.4, 0.5) is 11.4 Å². The fourth-order valence-electron chi connectivity index (χ4n) is 2.02. The molecule has 0 saturated carbocycles. The third kappa shape index (κ3) is 3.64. The SMILES string of the molecule is CCC(CC)(CNc1cc(C#N)ccc1[N+](=O)[O-])SC. The van der Waals surface area contributed by atoms with E-state index in [0.29, 0.717) is 17.8 Å². The maximum atomic E-state index is 11.0. The lowest BCUT2D eigenvalue weighted by Gasteiger charge is -2.30. The number of thioether (sulfide) groups is 1. The molecule has 108 valence electrons. The van der Waals surface area contributed by atoms with Gasteiger partial charge in [0, 0.05) is 17.4 Å². The predicted octanol–water partition coefficient (Wildman–Crippen LogP) is 3.80. The van der Waals surface area contributed by atoms with Crippen LogP contribution in [0, 0.1) is 21.4 Å². The Labute approximate surface area is 123 Å². The normalized spacial score (nSPS) is 10.9. The van der Waals surface area contributed by atoms with Crippen LogP contribution in [-0.4, -0.2) is 22.5 Å². The first-order valence-corrected chi connectivity index (χ1v) is 7.72. The van der Waals surface area contributed by atoms with Crippen molar-refractivity contribution in [1.82, 2.24) is 0 Å². The van der Waals surface area contributed by atoms with Crippen LogP contribution in [0.5, 0.6) is 0 Å². The highest BCUT2D eigenvalue weighted by molar-refractivity contribution is 8.00. The predicted molar refractivity (Wildman–Crippen MR) is 83.1 cm³/mol. The first-order valence-electron chi connectivity index (χ1n) is 6.49. The number of nitrogens with one attached hydrogen (secondary N) is 1. The lowest BCUT2D eigenvalue weighted by atomic mass is 10.0. The highest BCUT2D eigenvalue weighted by Crippen LogP contribution is 2.32. The van der Waals surface area contributed by atoms with Crippen LogP contribution in [0.3, 0.4) is 0 Å². The molecule has 1 N–H and O–H groups in total. The van der Waals surface area contributed by atoms with Crippen molar-refractivity contribution in [3.63, 3.8) is 0 Å². The van der Waals surface area contributed by atoms with Gasteiger partial charge in [0.15, 0.2) is 0 Å². The van der Waals surface area contributed by atoms with Crippen molar-refractivity contribution in [3.8, 4) is 6.07 Å². The summed E-state index contributed by atoms with van der Waals surface area (Å²) in [4.78, 5) is 10.6. The molecule has 1 aromatic carbocycles. The minimum Gasteiger partial charge on any atom is -0.378 e. The molecule has 0 spiro atoms. The highest BCUT2D eigenvalue weighted by atomic mass is 32.2. The largest absolute Gasteiger partial charge is 0.378 e. The summed E-state index contributed by atoms with van der Waals surface area (Å²) in [7, 11) is 0. The van der Waals surface area contributed by atoms with Crippen LogP contribution in [0.2, 0.25) is 0 Å². The summed E-state index contributed by atoms with van der Waals surface area (Å²) < 4.78 is 0.0521.